The first-order chi connectivity index (χ1) is 13.8. The van der Waals surface area contributed by atoms with Crippen molar-refractivity contribution in [3.8, 4) is 0 Å². The molecule has 0 spiro atoms. The quantitative estimate of drug-likeness (QED) is 0.123. The second kappa shape index (κ2) is 11.8. The summed E-state index contributed by atoms with van der Waals surface area (Å²) in [5.41, 5.74) is 0. The Morgan fingerprint density at radius 1 is 1.24 bits per heavy atom. The Bertz CT molecular complexity index is 800. The summed E-state index contributed by atoms with van der Waals surface area (Å²) in [5, 5.41) is 10.8. The number of carbonyl (C=O) groups excluding carboxylic acids is 3. The van der Waals surface area contributed by atoms with E-state index in [1.165, 1.54) is 12.4 Å². The minimum atomic E-state index is -1.36. The average Bonchev–Trinajstić information content (AvgIpc) is 3.15. The number of nitrogens with zero attached hydrogens (tertiary/aromatic N) is 3. The van der Waals surface area contributed by atoms with Gasteiger partial charge in [-0.15, -0.1) is 0 Å². The van der Waals surface area contributed by atoms with Crippen molar-refractivity contribution in [3.05, 3.63) is 60.2 Å². The van der Waals surface area contributed by atoms with E-state index >= 15 is 0 Å². The van der Waals surface area contributed by atoms with Gasteiger partial charge in [0, 0.05) is 12.2 Å². The predicted octanol–water partition coefficient (Wildman–Crippen LogP) is 1.24. The van der Waals surface area contributed by atoms with E-state index in [2.05, 4.69) is 22.9 Å². The molecule has 0 bridgehead atoms. The van der Waals surface area contributed by atoms with Crippen LogP contribution in [-0.2, 0) is 40.1 Å². The van der Waals surface area contributed by atoms with Gasteiger partial charge in [-0.3, -0.25) is 0 Å². The molecule has 12 nitrogen and oxygen atoms in total. The Kier molecular flexibility index (Phi) is 9.47. The summed E-state index contributed by atoms with van der Waals surface area (Å²) in [5.74, 6) is -3.64. The highest BCUT2D eigenvalue weighted by Gasteiger charge is 2.25. The summed E-state index contributed by atoms with van der Waals surface area (Å²) in [7, 11) is 0. The van der Waals surface area contributed by atoms with E-state index in [4.69, 9.17) is 14.2 Å². The van der Waals surface area contributed by atoms with Crippen LogP contribution in [0.5, 0.6) is 0 Å². The van der Waals surface area contributed by atoms with Gasteiger partial charge in [-0.2, -0.15) is 0 Å². The molecule has 0 aliphatic rings. The van der Waals surface area contributed by atoms with Crippen molar-refractivity contribution in [3.63, 3.8) is 0 Å². The van der Waals surface area contributed by atoms with Crippen LogP contribution in [-0.4, -0.2) is 45.3 Å². The first kappa shape index (κ1) is 23.2. The predicted molar refractivity (Wildman–Crippen MR) is 95.6 cm³/mol. The standard InChI is InChI=1S/C17H19N3O9/c1-4-13(21)27-9-6-15(23)29-16(28-14(22)5-2)12(3)10-26-11-19-8-7-18-17(19)20(24)25/h4-9,12,16H,1-2,10-11H2,3H3. The highest BCUT2D eigenvalue weighted by Crippen LogP contribution is 2.13. The Hall–Kier alpha value is -3.80. The van der Waals surface area contributed by atoms with E-state index in [9.17, 15) is 24.5 Å². The second-order valence-electron chi connectivity index (χ2n) is 5.32. The smallest absolute Gasteiger partial charge is 0.431 e. The van der Waals surface area contributed by atoms with E-state index in [1.807, 2.05) is 0 Å². The van der Waals surface area contributed by atoms with Gasteiger partial charge >= 0.3 is 23.9 Å². The van der Waals surface area contributed by atoms with Crippen LogP contribution in [0.1, 0.15) is 6.92 Å². The van der Waals surface area contributed by atoms with Crippen LogP contribution in [0.4, 0.5) is 5.95 Å². The van der Waals surface area contributed by atoms with Gasteiger partial charge in [0.25, 0.3) is 6.29 Å². The molecule has 0 aromatic carbocycles. The molecule has 2 unspecified atom stereocenters. The fourth-order valence-electron chi connectivity index (χ4n) is 1.77. The maximum absolute atomic E-state index is 11.8. The second-order valence-corrected chi connectivity index (χ2v) is 5.32. The van der Waals surface area contributed by atoms with Gasteiger partial charge in [-0.25, -0.2) is 19.0 Å². The number of carbonyl (C=O) groups is 3. The molecule has 0 amide bonds. The van der Waals surface area contributed by atoms with E-state index in [0.29, 0.717) is 0 Å². The first-order valence-corrected chi connectivity index (χ1v) is 8.05. The number of nitro groups is 1. The Labute approximate surface area is 165 Å². The number of imidazole rings is 1. The molecule has 0 N–H and O–H groups in total. The van der Waals surface area contributed by atoms with Crippen molar-refractivity contribution in [2.24, 2.45) is 5.92 Å². The number of hydrogen-bond donors (Lipinski definition) is 0. The summed E-state index contributed by atoms with van der Waals surface area (Å²) in [6, 6.07) is 0. The van der Waals surface area contributed by atoms with Gasteiger partial charge in [-0.1, -0.05) is 25.1 Å². The van der Waals surface area contributed by atoms with Crippen LogP contribution < -0.4 is 0 Å². The Morgan fingerprint density at radius 3 is 2.52 bits per heavy atom. The average molecular weight is 409 g/mol. The molecule has 1 heterocycles. The van der Waals surface area contributed by atoms with Crippen molar-refractivity contribution in [1.82, 2.24) is 9.55 Å². The molecule has 0 saturated heterocycles. The van der Waals surface area contributed by atoms with Crippen LogP contribution in [0.3, 0.4) is 0 Å². The lowest BCUT2D eigenvalue weighted by Gasteiger charge is -2.22. The first-order valence-electron chi connectivity index (χ1n) is 8.05. The highest BCUT2D eigenvalue weighted by atomic mass is 16.7. The molecule has 1 rings (SSSR count). The molecule has 2 atom stereocenters. The van der Waals surface area contributed by atoms with Gasteiger partial charge in [0.15, 0.2) is 6.73 Å². The number of hydrogen-bond acceptors (Lipinski definition) is 10. The van der Waals surface area contributed by atoms with E-state index in [1.54, 1.807) is 6.92 Å². The van der Waals surface area contributed by atoms with Crippen LogP contribution >= 0.6 is 0 Å². The van der Waals surface area contributed by atoms with E-state index in [-0.39, 0.29) is 13.3 Å². The van der Waals surface area contributed by atoms with Gasteiger partial charge in [0.2, 0.25) is 0 Å². The number of rotatable bonds is 12. The maximum atomic E-state index is 11.8. The molecule has 0 aliphatic heterocycles. The zero-order valence-electron chi connectivity index (χ0n) is 15.5. The van der Waals surface area contributed by atoms with Gasteiger partial charge in [0.05, 0.1) is 18.6 Å². The summed E-state index contributed by atoms with van der Waals surface area (Å²) in [4.78, 5) is 47.9. The lowest BCUT2D eigenvalue weighted by molar-refractivity contribution is -0.397. The third kappa shape index (κ3) is 8.17. The molecule has 156 valence electrons. The van der Waals surface area contributed by atoms with Crippen LogP contribution in [0, 0.1) is 16.0 Å². The topological polar surface area (TPSA) is 149 Å². The lowest BCUT2D eigenvalue weighted by Crippen LogP contribution is -2.32. The van der Waals surface area contributed by atoms with Crippen molar-refractivity contribution < 1.29 is 38.3 Å². The van der Waals surface area contributed by atoms with Gasteiger partial charge in [-0.05, 0) is 4.92 Å². The monoisotopic (exact) mass is 409 g/mol. The van der Waals surface area contributed by atoms with Crippen molar-refractivity contribution in [2.45, 2.75) is 19.9 Å². The maximum Gasteiger partial charge on any atom is 0.436 e. The Morgan fingerprint density at radius 2 is 1.90 bits per heavy atom. The summed E-state index contributed by atoms with van der Waals surface area (Å²) in [6.45, 7) is 7.70. The van der Waals surface area contributed by atoms with Crippen molar-refractivity contribution >= 4 is 23.9 Å². The molecule has 1 aromatic heterocycles. The van der Waals surface area contributed by atoms with Crippen molar-refractivity contribution in [1.29, 1.82) is 0 Å². The van der Waals surface area contributed by atoms with Crippen LogP contribution in [0.25, 0.3) is 0 Å². The summed E-state index contributed by atoms with van der Waals surface area (Å²) in [6.07, 6.45) is 4.61. The minimum absolute atomic E-state index is 0.0904. The van der Waals surface area contributed by atoms with Crippen LogP contribution in [0.2, 0.25) is 0 Å². The molecule has 12 heteroatoms. The zero-order valence-corrected chi connectivity index (χ0v) is 15.5. The molecule has 29 heavy (non-hydrogen) atoms. The summed E-state index contributed by atoms with van der Waals surface area (Å²) < 4.78 is 21.0. The number of esters is 3. The number of aromatic nitrogens is 2. The molecule has 0 aliphatic carbocycles. The molecular weight excluding hydrogens is 390 g/mol. The van der Waals surface area contributed by atoms with E-state index < -0.39 is 41.0 Å². The van der Waals surface area contributed by atoms with E-state index in [0.717, 1.165) is 29.1 Å². The SMILES string of the molecule is C=CC(=O)OC=CC(=O)OC(OC(=O)C=C)C(C)COCn1ccnc1[N+](=O)[O-]. The molecule has 0 fully saturated rings. The Balaban J connectivity index is 2.66. The van der Waals surface area contributed by atoms with Gasteiger partial charge < -0.3 is 29.1 Å². The molecule has 0 radical (unpaired) electrons. The molecule has 0 saturated carbocycles. The highest BCUT2D eigenvalue weighted by molar-refractivity contribution is 5.85. The van der Waals surface area contributed by atoms with Crippen molar-refractivity contribution in [2.75, 3.05) is 6.61 Å². The fraction of sp³-hybridized carbons (Fsp3) is 0.294. The third-order valence-electron chi connectivity index (χ3n) is 3.12. The normalized spacial score (nSPS) is 12.6. The molecule has 1 aromatic rings. The fourth-order valence-corrected chi connectivity index (χ4v) is 1.77. The third-order valence-corrected chi connectivity index (χ3v) is 3.12. The van der Waals surface area contributed by atoms with Crippen LogP contribution in [0.15, 0.2) is 50.0 Å². The largest absolute Gasteiger partial charge is 0.436 e. The zero-order chi connectivity index (χ0) is 21.8. The molecular formula is C17H19N3O9. The van der Waals surface area contributed by atoms with Gasteiger partial charge in [0.1, 0.15) is 18.7 Å². The summed E-state index contributed by atoms with van der Waals surface area (Å²) >= 11 is 0. The lowest BCUT2D eigenvalue weighted by atomic mass is 10.2. The number of ether oxygens (including phenoxy) is 4. The minimum Gasteiger partial charge on any atom is -0.431 e.